The van der Waals surface area contributed by atoms with Crippen molar-refractivity contribution in [2.24, 2.45) is 0 Å². The average Bonchev–Trinajstić information content (AvgIpc) is 3.47. The van der Waals surface area contributed by atoms with Crippen molar-refractivity contribution in [2.45, 2.75) is 374 Å². The molecule has 1 atom stereocenters. The van der Waals surface area contributed by atoms with Crippen molar-refractivity contribution in [3.05, 3.63) is 72.9 Å². The van der Waals surface area contributed by atoms with E-state index >= 15 is 0 Å². The minimum absolute atomic E-state index is 0.0780. The molecule has 6 nitrogen and oxygen atoms in total. The van der Waals surface area contributed by atoms with Crippen molar-refractivity contribution in [3.8, 4) is 0 Å². The van der Waals surface area contributed by atoms with Gasteiger partial charge in [0.2, 0.25) is 0 Å². The minimum Gasteiger partial charge on any atom is -0.462 e. The first-order chi connectivity index (χ1) is 40.0. The lowest BCUT2D eigenvalue weighted by molar-refractivity contribution is -0.167. The van der Waals surface area contributed by atoms with Gasteiger partial charge in [0, 0.05) is 19.3 Å². The summed E-state index contributed by atoms with van der Waals surface area (Å²) in [5, 5.41) is 0. The summed E-state index contributed by atoms with van der Waals surface area (Å²) < 4.78 is 17.0. The normalized spacial score (nSPS) is 12.5. The van der Waals surface area contributed by atoms with Gasteiger partial charge in [-0.3, -0.25) is 14.4 Å². The molecule has 0 heterocycles. The molecule has 0 aliphatic carbocycles. The number of hydrogen-bond acceptors (Lipinski definition) is 6. The molecule has 0 bridgehead atoms. The summed E-state index contributed by atoms with van der Waals surface area (Å²) in [4.78, 5) is 38.4. The monoisotopic (exact) mass is 1130 g/mol. The summed E-state index contributed by atoms with van der Waals surface area (Å²) in [7, 11) is 0. The molecule has 0 amide bonds. The molecule has 81 heavy (non-hydrogen) atoms. The van der Waals surface area contributed by atoms with E-state index in [0.717, 1.165) is 103 Å². The van der Waals surface area contributed by atoms with Gasteiger partial charge in [0.25, 0.3) is 0 Å². The van der Waals surface area contributed by atoms with E-state index in [1.807, 2.05) is 0 Å². The topological polar surface area (TPSA) is 78.9 Å². The van der Waals surface area contributed by atoms with Crippen LogP contribution in [0, 0.1) is 0 Å². The van der Waals surface area contributed by atoms with E-state index in [2.05, 4.69) is 93.7 Å². The molecular weight excluding hydrogens is 997 g/mol. The van der Waals surface area contributed by atoms with Gasteiger partial charge in [0.1, 0.15) is 13.2 Å². The molecule has 470 valence electrons. The zero-order valence-electron chi connectivity index (χ0n) is 54.1. The predicted octanol–water partition coefficient (Wildman–Crippen LogP) is 24.4. The van der Waals surface area contributed by atoms with Gasteiger partial charge in [-0.25, -0.2) is 0 Å². The van der Waals surface area contributed by atoms with Crippen molar-refractivity contribution in [3.63, 3.8) is 0 Å². The molecular formula is C75H134O6. The number of allylic oxidation sites excluding steroid dienone is 12. The molecule has 1 unspecified atom stereocenters. The van der Waals surface area contributed by atoms with Gasteiger partial charge >= 0.3 is 17.9 Å². The Kier molecular flexibility index (Phi) is 66.6. The van der Waals surface area contributed by atoms with E-state index in [4.69, 9.17) is 14.2 Å². The Labute approximate surface area is 503 Å². The summed E-state index contributed by atoms with van der Waals surface area (Å²) in [6.45, 7) is 6.53. The maximum absolute atomic E-state index is 13.0. The average molecular weight is 1130 g/mol. The first-order valence-electron chi connectivity index (χ1n) is 35.4. The number of esters is 3. The van der Waals surface area contributed by atoms with Crippen LogP contribution in [0.2, 0.25) is 0 Å². The van der Waals surface area contributed by atoms with Crippen LogP contribution in [0.5, 0.6) is 0 Å². The fourth-order valence-corrected chi connectivity index (χ4v) is 10.4. The lowest BCUT2D eigenvalue weighted by Gasteiger charge is -2.18. The van der Waals surface area contributed by atoms with E-state index in [0.29, 0.717) is 19.3 Å². The van der Waals surface area contributed by atoms with Crippen LogP contribution in [-0.2, 0) is 28.6 Å². The van der Waals surface area contributed by atoms with Crippen LogP contribution < -0.4 is 0 Å². The molecule has 0 radical (unpaired) electrons. The standard InChI is InChI=1S/C75H134O6/c1-4-7-10-13-16-19-22-25-28-30-32-34-36-37-38-40-41-43-45-47-50-53-56-59-62-65-68-74(77)80-71-72(70-79-73(76)67-64-61-58-55-52-49-27-24-21-18-15-12-9-6-3)81-75(78)69-66-63-60-57-54-51-48-46-44-42-39-35-33-31-29-26-23-20-17-14-11-8-5-2/h8,11,15,17-18,20,24,26-27,29,33,35,72H,4-7,9-10,12-14,16,19,21-23,25,28,30-32,34,36-71H2,1-3H3/b11-8-,18-15-,20-17-,27-24-,29-26-,35-33-. The van der Waals surface area contributed by atoms with Crippen LogP contribution in [0.3, 0.4) is 0 Å². The van der Waals surface area contributed by atoms with Gasteiger partial charge in [-0.2, -0.15) is 0 Å². The fourth-order valence-electron chi connectivity index (χ4n) is 10.4. The maximum Gasteiger partial charge on any atom is 0.306 e. The summed E-state index contributed by atoms with van der Waals surface area (Å²) in [5.41, 5.74) is 0. The number of hydrogen-bond donors (Lipinski definition) is 0. The van der Waals surface area contributed by atoms with Crippen LogP contribution in [0.1, 0.15) is 367 Å². The predicted molar refractivity (Wildman–Crippen MR) is 353 cm³/mol. The van der Waals surface area contributed by atoms with Crippen molar-refractivity contribution in [2.75, 3.05) is 13.2 Å². The Morgan fingerprint density at radius 3 is 0.790 bits per heavy atom. The molecule has 0 aromatic heterocycles. The lowest BCUT2D eigenvalue weighted by atomic mass is 10.0. The lowest BCUT2D eigenvalue weighted by Crippen LogP contribution is -2.30. The molecule has 6 heteroatoms. The first-order valence-corrected chi connectivity index (χ1v) is 35.4. The third-order valence-electron chi connectivity index (χ3n) is 15.7. The Morgan fingerprint density at radius 2 is 0.494 bits per heavy atom. The van der Waals surface area contributed by atoms with Crippen LogP contribution in [-0.4, -0.2) is 37.2 Å². The molecule has 0 rings (SSSR count). The molecule has 0 saturated heterocycles. The van der Waals surface area contributed by atoms with Gasteiger partial charge in [-0.05, 0) is 83.5 Å². The van der Waals surface area contributed by atoms with Crippen LogP contribution in [0.4, 0.5) is 0 Å². The quantitative estimate of drug-likeness (QED) is 0.0261. The molecule has 0 saturated carbocycles. The van der Waals surface area contributed by atoms with E-state index in [1.165, 1.54) is 225 Å². The largest absolute Gasteiger partial charge is 0.462 e. The first kappa shape index (κ1) is 77.9. The van der Waals surface area contributed by atoms with Gasteiger partial charge in [0.05, 0.1) is 0 Å². The minimum atomic E-state index is -0.784. The van der Waals surface area contributed by atoms with Gasteiger partial charge in [-0.1, -0.05) is 338 Å². The Bertz CT molecular complexity index is 1490. The summed E-state index contributed by atoms with van der Waals surface area (Å²) in [6, 6.07) is 0. The van der Waals surface area contributed by atoms with Gasteiger partial charge in [0.15, 0.2) is 6.10 Å². The molecule has 0 spiro atoms. The van der Waals surface area contributed by atoms with Crippen molar-refractivity contribution < 1.29 is 28.6 Å². The third kappa shape index (κ3) is 67.5. The second-order valence-electron chi connectivity index (χ2n) is 23.8. The number of carbonyl (C=O) groups excluding carboxylic acids is 3. The van der Waals surface area contributed by atoms with E-state index in [-0.39, 0.29) is 31.1 Å². The molecule has 0 fully saturated rings. The Morgan fingerprint density at radius 1 is 0.259 bits per heavy atom. The maximum atomic E-state index is 13.0. The number of rotatable bonds is 65. The molecule has 0 aromatic carbocycles. The fraction of sp³-hybridized carbons (Fsp3) is 0.800. The molecule has 0 N–H and O–H groups in total. The number of unbranched alkanes of at least 4 members (excludes halogenated alkanes) is 42. The van der Waals surface area contributed by atoms with E-state index in [9.17, 15) is 14.4 Å². The van der Waals surface area contributed by atoms with Gasteiger partial charge in [-0.15, -0.1) is 0 Å². The Balaban J connectivity index is 4.27. The molecule has 0 aliphatic heterocycles. The highest BCUT2D eigenvalue weighted by atomic mass is 16.6. The molecule has 0 aliphatic rings. The highest BCUT2D eigenvalue weighted by Crippen LogP contribution is 2.18. The van der Waals surface area contributed by atoms with Crippen LogP contribution in [0.25, 0.3) is 0 Å². The van der Waals surface area contributed by atoms with Crippen molar-refractivity contribution in [1.29, 1.82) is 0 Å². The van der Waals surface area contributed by atoms with Crippen molar-refractivity contribution in [1.82, 2.24) is 0 Å². The zero-order valence-corrected chi connectivity index (χ0v) is 54.1. The van der Waals surface area contributed by atoms with E-state index < -0.39 is 6.10 Å². The summed E-state index contributed by atoms with van der Waals surface area (Å²) in [5.74, 6) is -0.876. The third-order valence-corrected chi connectivity index (χ3v) is 15.7. The smallest absolute Gasteiger partial charge is 0.306 e. The number of ether oxygens (including phenoxy) is 3. The number of carbonyl (C=O) groups is 3. The summed E-state index contributed by atoms with van der Waals surface area (Å²) in [6.07, 6.45) is 90.8. The Hall–Kier alpha value is -3.15. The van der Waals surface area contributed by atoms with Crippen LogP contribution in [0.15, 0.2) is 72.9 Å². The highest BCUT2D eigenvalue weighted by Gasteiger charge is 2.19. The molecule has 0 aromatic rings. The second-order valence-corrected chi connectivity index (χ2v) is 23.8. The van der Waals surface area contributed by atoms with E-state index in [1.54, 1.807) is 0 Å². The van der Waals surface area contributed by atoms with Gasteiger partial charge < -0.3 is 14.2 Å². The van der Waals surface area contributed by atoms with Crippen LogP contribution >= 0.6 is 0 Å². The zero-order chi connectivity index (χ0) is 58.5. The second kappa shape index (κ2) is 69.3. The summed E-state index contributed by atoms with van der Waals surface area (Å²) >= 11 is 0. The SMILES string of the molecule is CC/C=C\C/C=C\C/C=C\C/C=C\CCCCCCCCCCCCC(=O)OC(COC(=O)CCCCCCC/C=C\C/C=C\CCCC)COC(=O)CCCCCCCCCCCCCCCCCCCCCCCCCCCC. The highest BCUT2D eigenvalue weighted by molar-refractivity contribution is 5.71. The van der Waals surface area contributed by atoms with Crippen molar-refractivity contribution >= 4 is 17.9 Å².